The molecule has 0 aromatic heterocycles. The maximum absolute atomic E-state index is 3.34. The molecule has 2 heteroatoms. The van der Waals surface area contributed by atoms with Gasteiger partial charge in [-0.2, -0.15) is 17.8 Å². The number of rotatable bonds is 6. The van der Waals surface area contributed by atoms with E-state index < -0.39 is 0 Å². The summed E-state index contributed by atoms with van der Waals surface area (Å²) in [5, 5.41) is 0. The van der Waals surface area contributed by atoms with E-state index in [9.17, 15) is 0 Å². The molecule has 1 rings (SSSR count). The molecule has 0 unspecified atom stereocenters. The first-order valence-corrected chi connectivity index (χ1v) is 5.93. The van der Waals surface area contributed by atoms with Crippen molar-refractivity contribution in [1.82, 2.24) is 0 Å². The van der Waals surface area contributed by atoms with Gasteiger partial charge in [0.2, 0.25) is 0 Å². The monoisotopic (exact) mass is 229 g/mol. The van der Waals surface area contributed by atoms with Gasteiger partial charge in [-0.15, -0.1) is 6.42 Å². The molecule has 0 saturated heterocycles. The van der Waals surface area contributed by atoms with Gasteiger partial charge in [0, 0.05) is 21.7 Å². The molecule has 0 aliphatic heterocycles. The molecule has 0 radical (unpaired) electrons. The molecule has 0 atom stereocenters. The SMILES string of the molecule is CCCSCCCC1=[C-]CC=C1.[Ti]. The Balaban J connectivity index is 0.00000144. The summed E-state index contributed by atoms with van der Waals surface area (Å²) in [6.45, 7) is 2.24. The van der Waals surface area contributed by atoms with Crippen LogP contribution >= 0.6 is 11.8 Å². The Hall–Kier alpha value is 0.544. The Morgan fingerprint density at radius 2 is 2.31 bits per heavy atom. The molecule has 1 aliphatic carbocycles. The zero-order chi connectivity index (χ0) is 8.65. The summed E-state index contributed by atoms with van der Waals surface area (Å²) >= 11 is 2.07. The number of allylic oxidation sites excluding steroid dienone is 4. The van der Waals surface area contributed by atoms with Crippen molar-refractivity contribution in [3.63, 3.8) is 0 Å². The van der Waals surface area contributed by atoms with Gasteiger partial charge in [-0.1, -0.05) is 13.3 Å². The first-order chi connectivity index (χ1) is 5.93. The molecule has 0 fully saturated rings. The molecule has 0 aromatic carbocycles. The predicted octanol–water partition coefficient (Wildman–Crippen LogP) is 3.60. The molecule has 72 valence electrons. The van der Waals surface area contributed by atoms with Gasteiger partial charge in [0.1, 0.15) is 0 Å². The van der Waals surface area contributed by atoms with E-state index in [4.69, 9.17) is 0 Å². The van der Waals surface area contributed by atoms with E-state index in [2.05, 4.69) is 36.9 Å². The summed E-state index contributed by atoms with van der Waals surface area (Å²) in [4.78, 5) is 0. The number of thioether (sulfide) groups is 1. The molecule has 0 saturated carbocycles. The molecule has 0 heterocycles. The number of hydrogen-bond donors (Lipinski definition) is 0. The van der Waals surface area contributed by atoms with Crippen molar-refractivity contribution in [2.24, 2.45) is 0 Å². The molecular weight excluding hydrogens is 212 g/mol. The molecule has 1 aliphatic rings. The van der Waals surface area contributed by atoms with Crippen LogP contribution in [0.5, 0.6) is 0 Å². The average molecular weight is 229 g/mol. The van der Waals surface area contributed by atoms with Gasteiger partial charge >= 0.3 is 0 Å². The molecule has 0 nitrogen and oxygen atoms in total. The van der Waals surface area contributed by atoms with E-state index in [1.807, 2.05) is 0 Å². The zero-order valence-corrected chi connectivity index (χ0v) is 10.7. The fourth-order valence-electron chi connectivity index (χ4n) is 1.23. The molecule has 0 amide bonds. The van der Waals surface area contributed by atoms with Crippen LogP contribution in [0.25, 0.3) is 0 Å². The molecule has 0 aromatic rings. The van der Waals surface area contributed by atoms with E-state index >= 15 is 0 Å². The van der Waals surface area contributed by atoms with Crippen LogP contribution in [-0.2, 0) is 21.7 Å². The van der Waals surface area contributed by atoms with Gasteiger partial charge in [-0.05, 0) is 24.3 Å². The second-order valence-corrected chi connectivity index (χ2v) is 4.25. The third kappa shape index (κ3) is 6.59. The Labute approximate surface area is 101 Å². The molecule has 0 N–H and O–H groups in total. The van der Waals surface area contributed by atoms with Crippen LogP contribution in [0, 0.1) is 6.08 Å². The van der Waals surface area contributed by atoms with Crippen LogP contribution in [0.15, 0.2) is 17.7 Å². The smallest absolute Gasteiger partial charge is 0 e. The van der Waals surface area contributed by atoms with Crippen molar-refractivity contribution in [1.29, 1.82) is 0 Å². The summed E-state index contributed by atoms with van der Waals surface area (Å²) in [6.07, 6.45) is 12.6. The van der Waals surface area contributed by atoms with Crippen molar-refractivity contribution >= 4 is 11.8 Å². The quantitative estimate of drug-likeness (QED) is 0.381. The third-order valence-corrected chi connectivity index (χ3v) is 3.12. The van der Waals surface area contributed by atoms with E-state index in [-0.39, 0.29) is 21.7 Å². The first kappa shape index (κ1) is 13.5. The van der Waals surface area contributed by atoms with Crippen LogP contribution in [0.3, 0.4) is 0 Å². The fourth-order valence-corrected chi connectivity index (χ4v) is 2.07. The Kier molecular flexibility index (Phi) is 9.49. The maximum Gasteiger partial charge on any atom is 0 e. The Morgan fingerprint density at radius 3 is 2.92 bits per heavy atom. The van der Waals surface area contributed by atoms with Crippen molar-refractivity contribution in [2.45, 2.75) is 32.6 Å². The molecular formula is C11H17STi-. The summed E-state index contributed by atoms with van der Waals surface area (Å²) in [5.41, 5.74) is 1.42. The van der Waals surface area contributed by atoms with Crippen LogP contribution in [0.1, 0.15) is 32.6 Å². The van der Waals surface area contributed by atoms with Crippen LogP contribution in [-0.4, -0.2) is 11.5 Å². The second-order valence-electron chi connectivity index (χ2n) is 3.02. The normalized spacial score (nSPS) is 14.1. The van der Waals surface area contributed by atoms with E-state index in [1.165, 1.54) is 36.3 Å². The van der Waals surface area contributed by atoms with Crippen molar-refractivity contribution < 1.29 is 21.7 Å². The van der Waals surface area contributed by atoms with Gasteiger partial charge in [0.15, 0.2) is 0 Å². The summed E-state index contributed by atoms with van der Waals surface area (Å²) in [7, 11) is 0. The standard InChI is InChI=1S/C11H17S.Ti/c1-2-9-12-10-5-8-11-6-3-4-7-11;/h3,6H,2,4-5,8-10H2,1H3;/q-1;. The molecule has 0 spiro atoms. The summed E-state index contributed by atoms with van der Waals surface area (Å²) in [5.74, 6) is 2.63. The van der Waals surface area contributed by atoms with E-state index in [0.29, 0.717) is 0 Å². The topological polar surface area (TPSA) is 0 Å². The Bertz CT molecular complexity index is 173. The minimum atomic E-state index is 0. The largest absolute Gasteiger partial charge is 0.269 e. The van der Waals surface area contributed by atoms with Gasteiger partial charge in [0.25, 0.3) is 0 Å². The summed E-state index contributed by atoms with van der Waals surface area (Å²) < 4.78 is 0. The van der Waals surface area contributed by atoms with Gasteiger partial charge in [0.05, 0.1) is 0 Å². The van der Waals surface area contributed by atoms with Crippen LogP contribution in [0.4, 0.5) is 0 Å². The van der Waals surface area contributed by atoms with Gasteiger partial charge in [-0.3, -0.25) is 6.08 Å². The zero-order valence-electron chi connectivity index (χ0n) is 8.31. The number of hydrogen-bond acceptors (Lipinski definition) is 1. The molecule has 13 heavy (non-hydrogen) atoms. The minimum absolute atomic E-state index is 0. The Morgan fingerprint density at radius 1 is 1.46 bits per heavy atom. The third-order valence-electron chi connectivity index (χ3n) is 1.85. The van der Waals surface area contributed by atoms with E-state index in [0.717, 1.165) is 6.42 Å². The van der Waals surface area contributed by atoms with Crippen molar-refractivity contribution in [3.05, 3.63) is 23.8 Å². The van der Waals surface area contributed by atoms with Crippen molar-refractivity contribution in [2.75, 3.05) is 11.5 Å². The van der Waals surface area contributed by atoms with Crippen LogP contribution in [0.2, 0.25) is 0 Å². The minimum Gasteiger partial charge on any atom is -0.269 e. The second kappa shape index (κ2) is 9.11. The fraction of sp³-hybridized carbons (Fsp3) is 0.636. The van der Waals surface area contributed by atoms with Gasteiger partial charge in [-0.25, -0.2) is 11.6 Å². The predicted molar refractivity (Wildman–Crippen MR) is 57.4 cm³/mol. The summed E-state index contributed by atoms with van der Waals surface area (Å²) in [6, 6.07) is 0. The van der Waals surface area contributed by atoms with E-state index in [1.54, 1.807) is 0 Å². The first-order valence-electron chi connectivity index (χ1n) is 4.77. The van der Waals surface area contributed by atoms with Gasteiger partial charge < -0.3 is 0 Å². The molecule has 0 bridgehead atoms. The average Bonchev–Trinajstić information content (AvgIpc) is 2.57. The van der Waals surface area contributed by atoms with Crippen LogP contribution < -0.4 is 0 Å². The van der Waals surface area contributed by atoms with Crippen molar-refractivity contribution in [3.8, 4) is 0 Å². The maximum atomic E-state index is 3.34.